The van der Waals surface area contributed by atoms with Crippen LogP contribution in [0.4, 0.5) is 4.39 Å². The van der Waals surface area contributed by atoms with Crippen molar-refractivity contribution in [3.8, 4) is 0 Å². The summed E-state index contributed by atoms with van der Waals surface area (Å²) in [6.07, 6.45) is 5.33. The molecule has 0 spiro atoms. The number of alkyl halides is 1. The first-order chi connectivity index (χ1) is 7.76. The fourth-order valence-corrected chi connectivity index (χ4v) is 2.07. The predicted molar refractivity (Wildman–Crippen MR) is 68.2 cm³/mol. The van der Waals surface area contributed by atoms with Crippen molar-refractivity contribution in [3.05, 3.63) is 29.8 Å². The van der Waals surface area contributed by atoms with E-state index < -0.39 is 0 Å². The smallest absolute Gasteiger partial charge is 0.141 e. The monoisotopic (exact) mass is 288 g/mol. The second-order valence-corrected chi connectivity index (χ2v) is 4.62. The van der Waals surface area contributed by atoms with Crippen LogP contribution in [0.1, 0.15) is 25.3 Å². The third kappa shape index (κ3) is 5.03. The molecule has 0 aliphatic rings. The Morgan fingerprint density at radius 1 is 1.38 bits per heavy atom. The number of aromatic nitrogens is 1. The number of hydrogen-bond donors (Lipinski definition) is 0. The summed E-state index contributed by atoms with van der Waals surface area (Å²) in [6, 6.07) is 1.56. The SMILES string of the molecule is CCCCN(CCBr)Cc1cncc(F)c1. The van der Waals surface area contributed by atoms with Crippen molar-refractivity contribution in [1.82, 2.24) is 9.88 Å². The van der Waals surface area contributed by atoms with Gasteiger partial charge in [0.05, 0.1) is 6.20 Å². The summed E-state index contributed by atoms with van der Waals surface area (Å²) in [5.41, 5.74) is 0.942. The Kier molecular flexibility index (Phi) is 6.57. The highest BCUT2D eigenvalue weighted by Gasteiger charge is 2.05. The van der Waals surface area contributed by atoms with Gasteiger partial charge in [-0.05, 0) is 24.6 Å². The molecular weight excluding hydrogens is 271 g/mol. The van der Waals surface area contributed by atoms with E-state index in [0.717, 1.165) is 30.5 Å². The highest BCUT2D eigenvalue weighted by atomic mass is 79.9. The Morgan fingerprint density at radius 2 is 2.19 bits per heavy atom. The molecule has 0 radical (unpaired) electrons. The Morgan fingerprint density at radius 3 is 2.81 bits per heavy atom. The van der Waals surface area contributed by atoms with Crippen molar-refractivity contribution < 1.29 is 4.39 Å². The predicted octanol–water partition coefficient (Wildman–Crippen LogP) is 3.22. The molecule has 0 amide bonds. The van der Waals surface area contributed by atoms with Gasteiger partial charge in [0.2, 0.25) is 0 Å². The third-order valence-corrected chi connectivity index (χ3v) is 2.75. The molecule has 0 aliphatic carbocycles. The highest BCUT2D eigenvalue weighted by Crippen LogP contribution is 2.07. The van der Waals surface area contributed by atoms with Crippen LogP contribution in [0.25, 0.3) is 0 Å². The number of pyridine rings is 1. The molecule has 0 saturated heterocycles. The number of nitrogens with zero attached hydrogens (tertiary/aromatic N) is 2. The van der Waals surface area contributed by atoms with Crippen LogP contribution < -0.4 is 0 Å². The van der Waals surface area contributed by atoms with Crippen LogP contribution in [-0.4, -0.2) is 28.3 Å². The Balaban J connectivity index is 2.52. The van der Waals surface area contributed by atoms with E-state index in [2.05, 4.69) is 32.7 Å². The van der Waals surface area contributed by atoms with Crippen LogP contribution in [-0.2, 0) is 6.54 Å². The van der Waals surface area contributed by atoms with E-state index in [0.29, 0.717) is 0 Å². The summed E-state index contributed by atoms with van der Waals surface area (Å²) >= 11 is 3.44. The molecule has 1 heterocycles. The standard InChI is InChI=1S/C12H18BrFN2/c1-2-3-5-16(6-4-13)10-11-7-12(14)9-15-8-11/h7-9H,2-6,10H2,1H3. The Hall–Kier alpha value is -0.480. The van der Waals surface area contributed by atoms with Crippen molar-refractivity contribution >= 4 is 15.9 Å². The average molecular weight is 289 g/mol. The summed E-state index contributed by atoms with van der Waals surface area (Å²) < 4.78 is 13.0. The molecule has 90 valence electrons. The quantitative estimate of drug-likeness (QED) is 0.716. The van der Waals surface area contributed by atoms with E-state index in [4.69, 9.17) is 0 Å². The molecule has 0 aliphatic heterocycles. The van der Waals surface area contributed by atoms with Crippen LogP contribution in [0.2, 0.25) is 0 Å². The zero-order valence-corrected chi connectivity index (χ0v) is 11.2. The molecule has 0 saturated carbocycles. The van der Waals surface area contributed by atoms with E-state index in [1.807, 2.05) is 0 Å². The zero-order chi connectivity index (χ0) is 11.8. The first-order valence-electron chi connectivity index (χ1n) is 5.64. The molecule has 1 aromatic rings. The van der Waals surface area contributed by atoms with Crippen molar-refractivity contribution in [2.45, 2.75) is 26.3 Å². The normalized spacial score (nSPS) is 11.0. The third-order valence-electron chi connectivity index (χ3n) is 2.40. The van der Waals surface area contributed by atoms with E-state index in [1.165, 1.54) is 19.0 Å². The van der Waals surface area contributed by atoms with E-state index in [-0.39, 0.29) is 5.82 Å². The molecule has 2 nitrogen and oxygen atoms in total. The van der Waals surface area contributed by atoms with Crippen LogP contribution in [0, 0.1) is 5.82 Å². The van der Waals surface area contributed by atoms with E-state index in [1.54, 1.807) is 12.3 Å². The van der Waals surface area contributed by atoms with Gasteiger partial charge < -0.3 is 0 Å². The molecule has 1 rings (SSSR count). The second kappa shape index (κ2) is 7.74. The lowest BCUT2D eigenvalue weighted by Gasteiger charge is -2.20. The van der Waals surface area contributed by atoms with Crippen molar-refractivity contribution in [2.24, 2.45) is 0 Å². The van der Waals surface area contributed by atoms with Crippen LogP contribution >= 0.6 is 15.9 Å². The number of hydrogen-bond acceptors (Lipinski definition) is 2. The van der Waals surface area contributed by atoms with Crippen molar-refractivity contribution in [2.75, 3.05) is 18.4 Å². The van der Waals surface area contributed by atoms with Gasteiger partial charge in [-0.15, -0.1) is 0 Å². The average Bonchev–Trinajstić information content (AvgIpc) is 2.26. The van der Waals surface area contributed by atoms with Gasteiger partial charge in [0.25, 0.3) is 0 Å². The van der Waals surface area contributed by atoms with Crippen LogP contribution in [0.5, 0.6) is 0 Å². The second-order valence-electron chi connectivity index (χ2n) is 3.83. The van der Waals surface area contributed by atoms with Gasteiger partial charge in [0.1, 0.15) is 5.82 Å². The maximum atomic E-state index is 13.0. The van der Waals surface area contributed by atoms with Gasteiger partial charge in [0.15, 0.2) is 0 Å². The molecule has 0 fully saturated rings. The lowest BCUT2D eigenvalue weighted by atomic mass is 10.2. The van der Waals surface area contributed by atoms with Crippen LogP contribution in [0.15, 0.2) is 18.5 Å². The fraction of sp³-hybridized carbons (Fsp3) is 0.583. The molecular formula is C12H18BrFN2. The van der Waals surface area contributed by atoms with Gasteiger partial charge in [-0.2, -0.15) is 0 Å². The van der Waals surface area contributed by atoms with E-state index >= 15 is 0 Å². The molecule has 16 heavy (non-hydrogen) atoms. The summed E-state index contributed by atoms with van der Waals surface area (Å²) in [4.78, 5) is 6.18. The maximum Gasteiger partial charge on any atom is 0.141 e. The minimum Gasteiger partial charge on any atom is -0.298 e. The highest BCUT2D eigenvalue weighted by molar-refractivity contribution is 9.09. The largest absolute Gasteiger partial charge is 0.298 e. The molecule has 0 N–H and O–H groups in total. The number of rotatable bonds is 7. The van der Waals surface area contributed by atoms with Gasteiger partial charge in [-0.1, -0.05) is 29.3 Å². The number of halogens is 2. The lowest BCUT2D eigenvalue weighted by Crippen LogP contribution is -2.26. The maximum absolute atomic E-state index is 13.0. The molecule has 0 unspecified atom stereocenters. The van der Waals surface area contributed by atoms with Crippen LogP contribution in [0.3, 0.4) is 0 Å². The van der Waals surface area contributed by atoms with Crippen molar-refractivity contribution in [3.63, 3.8) is 0 Å². The molecule has 4 heteroatoms. The first kappa shape index (κ1) is 13.6. The Bertz CT molecular complexity index is 307. The number of unbranched alkanes of at least 4 members (excludes halogenated alkanes) is 1. The van der Waals surface area contributed by atoms with Gasteiger partial charge in [-0.25, -0.2) is 4.39 Å². The first-order valence-corrected chi connectivity index (χ1v) is 6.76. The molecule has 1 aromatic heterocycles. The summed E-state index contributed by atoms with van der Waals surface area (Å²) in [7, 11) is 0. The topological polar surface area (TPSA) is 16.1 Å². The molecule has 0 aromatic carbocycles. The molecule has 0 atom stereocenters. The lowest BCUT2D eigenvalue weighted by molar-refractivity contribution is 0.277. The summed E-state index contributed by atoms with van der Waals surface area (Å²) in [6.45, 7) is 4.99. The van der Waals surface area contributed by atoms with Gasteiger partial charge in [-0.3, -0.25) is 9.88 Å². The summed E-state index contributed by atoms with van der Waals surface area (Å²) in [5, 5.41) is 0.944. The minimum atomic E-state index is -0.258. The Labute approximate surface area is 105 Å². The van der Waals surface area contributed by atoms with Gasteiger partial charge in [0, 0.05) is 24.6 Å². The molecule has 0 bridgehead atoms. The minimum absolute atomic E-state index is 0.258. The zero-order valence-electron chi connectivity index (χ0n) is 9.63. The van der Waals surface area contributed by atoms with E-state index in [9.17, 15) is 4.39 Å². The van der Waals surface area contributed by atoms with Gasteiger partial charge >= 0.3 is 0 Å². The summed E-state index contributed by atoms with van der Waals surface area (Å²) in [5.74, 6) is -0.258. The van der Waals surface area contributed by atoms with Crippen molar-refractivity contribution in [1.29, 1.82) is 0 Å². The fourth-order valence-electron chi connectivity index (χ4n) is 1.57.